The highest BCUT2D eigenvalue weighted by atomic mass is 16.3. The Labute approximate surface area is 126 Å². The predicted octanol–water partition coefficient (Wildman–Crippen LogP) is 2.84. The number of nitrogens with zero attached hydrogens (tertiary/aromatic N) is 3. The highest BCUT2D eigenvalue weighted by Crippen LogP contribution is 2.25. The molecule has 7 nitrogen and oxygen atoms in total. The van der Waals surface area contributed by atoms with Crippen molar-refractivity contribution in [2.24, 2.45) is 0 Å². The highest BCUT2D eigenvalue weighted by molar-refractivity contribution is 6.04. The zero-order valence-corrected chi connectivity index (χ0v) is 12.2. The van der Waals surface area contributed by atoms with Crippen LogP contribution < -0.4 is 5.32 Å². The van der Waals surface area contributed by atoms with Crippen LogP contribution in [0.15, 0.2) is 41.4 Å². The van der Waals surface area contributed by atoms with E-state index in [0.717, 1.165) is 5.69 Å². The number of rotatable bonds is 4. The zero-order chi connectivity index (χ0) is 15.5. The van der Waals surface area contributed by atoms with Crippen LogP contribution in [0.3, 0.4) is 0 Å². The van der Waals surface area contributed by atoms with Gasteiger partial charge < -0.3 is 9.73 Å². The van der Waals surface area contributed by atoms with Gasteiger partial charge in [0.1, 0.15) is 11.6 Å². The zero-order valence-electron chi connectivity index (χ0n) is 12.2. The van der Waals surface area contributed by atoms with Gasteiger partial charge in [-0.05, 0) is 12.1 Å². The molecule has 7 heteroatoms. The summed E-state index contributed by atoms with van der Waals surface area (Å²) in [6.45, 7) is 3.87. The first-order chi connectivity index (χ1) is 10.7. The minimum absolute atomic E-state index is 0.0697. The molecule has 3 aromatic rings. The molecule has 1 amide bonds. The van der Waals surface area contributed by atoms with Crippen LogP contribution in [0, 0.1) is 0 Å². The lowest BCUT2D eigenvalue weighted by atomic mass is 10.1. The molecule has 0 saturated carbocycles. The average molecular weight is 297 g/mol. The Balaban J connectivity index is 1.87. The van der Waals surface area contributed by atoms with Crippen LogP contribution >= 0.6 is 0 Å². The normalized spacial score (nSPS) is 10.9. The number of aromatic amines is 1. The molecule has 0 fully saturated rings. The van der Waals surface area contributed by atoms with Crippen molar-refractivity contribution in [1.29, 1.82) is 0 Å². The molecule has 0 bridgehead atoms. The summed E-state index contributed by atoms with van der Waals surface area (Å²) in [5.74, 6) is 0.747. The molecule has 0 aromatic carbocycles. The van der Waals surface area contributed by atoms with Gasteiger partial charge in [0, 0.05) is 12.1 Å². The molecular weight excluding hydrogens is 282 g/mol. The number of anilines is 1. The monoisotopic (exact) mass is 297 g/mol. The summed E-state index contributed by atoms with van der Waals surface area (Å²) in [4.78, 5) is 20.6. The Morgan fingerprint density at radius 1 is 1.32 bits per heavy atom. The van der Waals surface area contributed by atoms with Crippen molar-refractivity contribution in [1.82, 2.24) is 20.2 Å². The SMILES string of the molecule is CC(C)c1ocnc1C(=O)Nc1[nH]ncc1-c1ccccn1. The molecule has 0 spiro atoms. The Hall–Kier alpha value is -2.96. The lowest BCUT2D eigenvalue weighted by molar-refractivity contribution is 0.102. The number of pyridine rings is 1. The van der Waals surface area contributed by atoms with E-state index in [9.17, 15) is 4.79 Å². The number of carbonyl (C=O) groups excluding carboxylic acids is 1. The van der Waals surface area contributed by atoms with Crippen LogP contribution in [0.25, 0.3) is 11.3 Å². The van der Waals surface area contributed by atoms with Crippen molar-refractivity contribution in [3.63, 3.8) is 0 Å². The number of aromatic nitrogens is 4. The molecule has 0 aliphatic heterocycles. The summed E-state index contributed by atoms with van der Waals surface area (Å²) in [5, 5.41) is 9.50. The topological polar surface area (TPSA) is 96.7 Å². The van der Waals surface area contributed by atoms with Gasteiger partial charge in [0.05, 0.1) is 17.5 Å². The summed E-state index contributed by atoms with van der Waals surface area (Å²) in [6, 6.07) is 5.54. The van der Waals surface area contributed by atoms with Gasteiger partial charge in [0.2, 0.25) is 0 Å². The smallest absolute Gasteiger partial charge is 0.279 e. The molecule has 0 unspecified atom stereocenters. The van der Waals surface area contributed by atoms with Gasteiger partial charge >= 0.3 is 0 Å². The van der Waals surface area contributed by atoms with Crippen LogP contribution in [-0.4, -0.2) is 26.1 Å². The molecule has 0 radical (unpaired) electrons. The van der Waals surface area contributed by atoms with Crippen molar-refractivity contribution in [2.45, 2.75) is 19.8 Å². The standard InChI is InChI=1S/C15H15N5O2/c1-9(2)13-12(17-8-22-13)15(21)19-14-10(7-18-20-14)11-5-3-4-6-16-11/h3-9H,1-2H3,(H2,18,19,20,21). The molecule has 0 atom stereocenters. The van der Waals surface area contributed by atoms with E-state index in [1.54, 1.807) is 12.4 Å². The Morgan fingerprint density at radius 2 is 2.18 bits per heavy atom. The van der Waals surface area contributed by atoms with E-state index >= 15 is 0 Å². The van der Waals surface area contributed by atoms with Gasteiger partial charge in [-0.15, -0.1) is 0 Å². The number of carbonyl (C=O) groups is 1. The number of hydrogen-bond donors (Lipinski definition) is 2. The summed E-state index contributed by atoms with van der Waals surface area (Å²) in [7, 11) is 0. The first-order valence-electron chi connectivity index (χ1n) is 6.86. The molecule has 3 heterocycles. The minimum Gasteiger partial charge on any atom is -0.447 e. The van der Waals surface area contributed by atoms with E-state index in [-0.39, 0.29) is 17.5 Å². The largest absolute Gasteiger partial charge is 0.447 e. The fourth-order valence-electron chi connectivity index (χ4n) is 2.11. The third kappa shape index (κ3) is 2.60. The second-order valence-corrected chi connectivity index (χ2v) is 5.05. The van der Waals surface area contributed by atoms with Crippen molar-refractivity contribution in [2.75, 3.05) is 5.32 Å². The molecule has 0 aliphatic rings. The summed E-state index contributed by atoms with van der Waals surface area (Å²) >= 11 is 0. The van der Waals surface area contributed by atoms with E-state index < -0.39 is 0 Å². The maximum absolute atomic E-state index is 12.4. The van der Waals surface area contributed by atoms with Crippen LogP contribution in [-0.2, 0) is 0 Å². The molecule has 0 saturated heterocycles. The van der Waals surface area contributed by atoms with Crippen LogP contribution in [0.2, 0.25) is 0 Å². The van der Waals surface area contributed by atoms with Crippen molar-refractivity contribution in [3.8, 4) is 11.3 Å². The lowest BCUT2D eigenvalue weighted by Crippen LogP contribution is -2.15. The summed E-state index contributed by atoms with van der Waals surface area (Å²) < 4.78 is 5.27. The maximum atomic E-state index is 12.4. The maximum Gasteiger partial charge on any atom is 0.279 e. The van der Waals surface area contributed by atoms with Crippen LogP contribution in [0.5, 0.6) is 0 Å². The first-order valence-corrected chi connectivity index (χ1v) is 6.86. The van der Waals surface area contributed by atoms with Crippen molar-refractivity contribution >= 4 is 11.7 Å². The molecule has 3 rings (SSSR count). The molecule has 3 aromatic heterocycles. The van der Waals surface area contributed by atoms with Gasteiger partial charge in [-0.3, -0.25) is 14.9 Å². The summed E-state index contributed by atoms with van der Waals surface area (Å²) in [6.07, 6.45) is 4.57. The van der Waals surface area contributed by atoms with E-state index in [0.29, 0.717) is 17.1 Å². The Bertz CT molecular complexity index is 776. The fourth-order valence-corrected chi connectivity index (χ4v) is 2.11. The minimum atomic E-state index is -0.348. The van der Waals surface area contributed by atoms with E-state index in [1.165, 1.54) is 6.39 Å². The van der Waals surface area contributed by atoms with Gasteiger partial charge in [0.15, 0.2) is 12.1 Å². The van der Waals surface area contributed by atoms with Crippen LogP contribution in [0.4, 0.5) is 5.82 Å². The lowest BCUT2D eigenvalue weighted by Gasteiger charge is -2.06. The molecule has 0 aliphatic carbocycles. The van der Waals surface area contributed by atoms with E-state index in [2.05, 4.69) is 25.5 Å². The van der Waals surface area contributed by atoms with Crippen molar-refractivity contribution in [3.05, 3.63) is 48.4 Å². The van der Waals surface area contributed by atoms with Gasteiger partial charge in [-0.25, -0.2) is 4.98 Å². The second kappa shape index (κ2) is 5.80. The van der Waals surface area contributed by atoms with Crippen molar-refractivity contribution < 1.29 is 9.21 Å². The first kappa shape index (κ1) is 14.0. The number of amides is 1. The predicted molar refractivity (Wildman–Crippen MR) is 80.4 cm³/mol. The summed E-state index contributed by atoms with van der Waals surface area (Å²) in [5.41, 5.74) is 1.70. The van der Waals surface area contributed by atoms with Gasteiger partial charge in [0.25, 0.3) is 5.91 Å². The van der Waals surface area contributed by atoms with Gasteiger partial charge in [-0.1, -0.05) is 19.9 Å². The van der Waals surface area contributed by atoms with E-state index in [4.69, 9.17) is 4.42 Å². The number of nitrogens with one attached hydrogen (secondary N) is 2. The Kier molecular flexibility index (Phi) is 3.69. The Morgan fingerprint density at radius 3 is 2.91 bits per heavy atom. The average Bonchev–Trinajstić information content (AvgIpc) is 3.17. The third-order valence-electron chi connectivity index (χ3n) is 3.15. The molecular formula is C15H15N5O2. The van der Waals surface area contributed by atoms with Crippen LogP contribution in [0.1, 0.15) is 36.0 Å². The second-order valence-electron chi connectivity index (χ2n) is 5.05. The third-order valence-corrected chi connectivity index (χ3v) is 3.15. The molecule has 2 N–H and O–H groups in total. The number of hydrogen-bond acceptors (Lipinski definition) is 5. The highest BCUT2D eigenvalue weighted by Gasteiger charge is 2.21. The fraction of sp³-hybridized carbons (Fsp3) is 0.200. The quantitative estimate of drug-likeness (QED) is 0.771. The van der Waals surface area contributed by atoms with E-state index in [1.807, 2.05) is 32.0 Å². The molecule has 22 heavy (non-hydrogen) atoms. The number of oxazole rings is 1. The van der Waals surface area contributed by atoms with Gasteiger partial charge in [-0.2, -0.15) is 5.10 Å². The number of H-pyrrole nitrogens is 1. The molecule has 112 valence electrons.